The van der Waals surface area contributed by atoms with Crippen molar-refractivity contribution in [3.63, 3.8) is 0 Å². The van der Waals surface area contributed by atoms with E-state index >= 15 is 0 Å². The average Bonchev–Trinajstić information content (AvgIpc) is 3.38. The molecule has 0 bridgehead atoms. The number of hydrogen-bond donors (Lipinski definition) is 1. The Morgan fingerprint density at radius 3 is 2.03 bits per heavy atom. The summed E-state index contributed by atoms with van der Waals surface area (Å²) >= 11 is 0. The number of hydrogen-bond acceptors (Lipinski definition) is 4. The first-order chi connectivity index (χ1) is 17.2. The largest absolute Gasteiger partial charge is 0.497 e. The van der Waals surface area contributed by atoms with Crippen LogP contribution in [0.25, 0.3) is 33.9 Å². The topological polar surface area (TPSA) is 56.4 Å². The number of benzene rings is 4. The molecule has 1 aromatic heterocycles. The van der Waals surface area contributed by atoms with Crippen molar-refractivity contribution in [3.8, 4) is 51.2 Å². The van der Waals surface area contributed by atoms with Crippen LogP contribution in [-0.2, 0) is 6.61 Å². The molecule has 5 heteroatoms. The zero-order valence-corrected chi connectivity index (χ0v) is 19.7. The molecule has 35 heavy (non-hydrogen) atoms. The highest BCUT2D eigenvalue weighted by atomic mass is 16.5. The van der Waals surface area contributed by atoms with E-state index in [2.05, 4.69) is 17.1 Å². The summed E-state index contributed by atoms with van der Waals surface area (Å²) in [6.45, 7) is 0.469. The van der Waals surface area contributed by atoms with Gasteiger partial charge in [0.25, 0.3) is 0 Å². The molecule has 1 N–H and O–H groups in total. The first-order valence-corrected chi connectivity index (χ1v) is 11.4. The zero-order valence-electron chi connectivity index (χ0n) is 19.7. The van der Waals surface area contributed by atoms with Gasteiger partial charge in [-0.1, -0.05) is 60.7 Å². The summed E-state index contributed by atoms with van der Waals surface area (Å²) in [5.74, 6) is 2.90. The highest BCUT2D eigenvalue weighted by Crippen LogP contribution is 2.36. The van der Waals surface area contributed by atoms with Crippen LogP contribution in [-0.4, -0.2) is 24.2 Å². The van der Waals surface area contributed by atoms with Crippen molar-refractivity contribution in [2.24, 2.45) is 0 Å². The number of nitrogens with zero attached hydrogens (tertiary/aromatic N) is 1. The lowest BCUT2D eigenvalue weighted by Crippen LogP contribution is -1.98. The van der Waals surface area contributed by atoms with Crippen molar-refractivity contribution in [1.82, 2.24) is 9.97 Å². The first kappa shape index (κ1) is 22.3. The molecule has 0 atom stereocenters. The smallest absolute Gasteiger partial charge is 0.161 e. The van der Waals surface area contributed by atoms with E-state index in [-0.39, 0.29) is 0 Å². The maximum Gasteiger partial charge on any atom is 0.161 e. The van der Waals surface area contributed by atoms with Crippen LogP contribution in [0, 0.1) is 0 Å². The van der Waals surface area contributed by atoms with E-state index in [1.54, 1.807) is 14.2 Å². The van der Waals surface area contributed by atoms with Crippen LogP contribution in [0.3, 0.4) is 0 Å². The summed E-state index contributed by atoms with van der Waals surface area (Å²) in [4.78, 5) is 8.52. The second-order valence-corrected chi connectivity index (χ2v) is 8.04. The van der Waals surface area contributed by atoms with E-state index in [0.29, 0.717) is 18.1 Å². The van der Waals surface area contributed by atoms with E-state index in [1.807, 2.05) is 91.0 Å². The standard InChI is InChI=1S/C30H26N2O3/c1-33-25-16-13-23(14-17-25)29-28(22-11-7-4-8-12-22)31-30(32-29)24-15-18-26(27(19-24)34-2)35-20-21-9-5-3-6-10-21/h3-19H,20H2,1-2H3,(H,31,32). The van der Waals surface area contributed by atoms with Gasteiger partial charge in [0.1, 0.15) is 18.2 Å². The SMILES string of the molecule is COc1ccc(-c2[nH]c(-c3ccc(OCc4ccccc4)c(OC)c3)nc2-c2ccccc2)cc1. The molecule has 1 heterocycles. The Labute approximate surface area is 205 Å². The van der Waals surface area contributed by atoms with E-state index < -0.39 is 0 Å². The van der Waals surface area contributed by atoms with Crippen LogP contribution in [0.2, 0.25) is 0 Å². The molecule has 4 aromatic carbocycles. The summed E-state index contributed by atoms with van der Waals surface area (Å²) in [5, 5.41) is 0. The molecule has 174 valence electrons. The molecule has 0 spiro atoms. The van der Waals surface area contributed by atoms with Gasteiger partial charge in [0.05, 0.1) is 25.6 Å². The molecule has 0 fully saturated rings. The highest BCUT2D eigenvalue weighted by Gasteiger charge is 2.17. The zero-order chi connectivity index (χ0) is 24.0. The third-order valence-corrected chi connectivity index (χ3v) is 5.80. The number of aromatic nitrogens is 2. The van der Waals surface area contributed by atoms with Gasteiger partial charge in [-0.2, -0.15) is 0 Å². The number of aromatic amines is 1. The Morgan fingerprint density at radius 2 is 1.34 bits per heavy atom. The summed E-state index contributed by atoms with van der Waals surface area (Å²) in [6, 6.07) is 34.1. The van der Waals surface area contributed by atoms with Gasteiger partial charge >= 0.3 is 0 Å². The van der Waals surface area contributed by atoms with Crippen LogP contribution in [0.1, 0.15) is 5.56 Å². The van der Waals surface area contributed by atoms with E-state index in [0.717, 1.165) is 45.2 Å². The minimum Gasteiger partial charge on any atom is -0.497 e. The fourth-order valence-electron chi connectivity index (χ4n) is 3.95. The molecule has 0 aliphatic heterocycles. The van der Waals surface area contributed by atoms with Gasteiger partial charge in [-0.05, 0) is 48.0 Å². The molecular weight excluding hydrogens is 436 g/mol. The number of H-pyrrole nitrogens is 1. The monoisotopic (exact) mass is 462 g/mol. The van der Waals surface area contributed by atoms with Crippen LogP contribution in [0.4, 0.5) is 0 Å². The van der Waals surface area contributed by atoms with Gasteiger partial charge in [-0.15, -0.1) is 0 Å². The molecule has 0 unspecified atom stereocenters. The van der Waals surface area contributed by atoms with Crippen LogP contribution in [0.5, 0.6) is 17.2 Å². The quantitative estimate of drug-likeness (QED) is 0.270. The first-order valence-electron chi connectivity index (χ1n) is 11.4. The maximum atomic E-state index is 6.03. The third-order valence-electron chi connectivity index (χ3n) is 5.80. The maximum absolute atomic E-state index is 6.03. The van der Waals surface area contributed by atoms with Gasteiger partial charge in [0.15, 0.2) is 11.5 Å². The number of rotatable bonds is 8. The predicted octanol–water partition coefficient (Wildman–Crippen LogP) is 7.01. The van der Waals surface area contributed by atoms with Crippen molar-refractivity contribution in [3.05, 3.63) is 109 Å². The average molecular weight is 463 g/mol. The molecule has 0 amide bonds. The lowest BCUT2D eigenvalue weighted by atomic mass is 10.1. The van der Waals surface area contributed by atoms with Crippen LogP contribution in [0.15, 0.2) is 103 Å². The molecular formula is C30H26N2O3. The van der Waals surface area contributed by atoms with Gasteiger partial charge in [0, 0.05) is 16.7 Å². The molecule has 5 aromatic rings. The van der Waals surface area contributed by atoms with Gasteiger partial charge < -0.3 is 19.2 Å². The molecule has 0 radical (unpaired) electrons. The number of imidazole rings is 1. The van der Waals surface area contributed by atoms with Crippen molar-refractivity contribution in [2.75, 3.05) is 14.2 Å². The Balaban J connectivity index is 1.50. The fraction of sp³-hybridized carbons (Fsp3) is 0.100. The Morgan fingerprint density at radius 1 is 0.657 bits per heavy atom. The number of ether oxygens (including phenoxy) is 3. The highest BCUT2D eigenvalue weighted by molar-refractivity contribution is 5.81. The summed E-state index contributed by atoms with van der Waals surface area (Å²) in [5.41, 5.74) is 5.90. The molecule has 5 rings (SSSR count). The molecule has 0 saturated heterocycles. The van der Waals surface area contributed by atoms with Crippen LogP contribution < -0.4 is 14.2 Å². The van der Waals surface area contributed by atoms with Crippen molar-refractivity contribution in [2.45, 2.75) is 6.61 Å². The van der Waals surface area contributed by atoms with Crippen molar-refractivity contribution >= 4 is 0 Å². The van der Waals surface area contributed by atoms with E-state index in [1.165, 1.54) is 0 Å². The minimum absolute atomic E-state index is 0.469. The molecule has 0 aliphatic rings. The van der Waals surface area contributed by atoms with Crippen LogP contribution >= 0.6 is 0 Å². The lowest BCUT2D eigenvalue weighted by Gasteiger charge is -2.12. The Kier molecular flexibility index (Phi) is 6.48. The lowest BCUT2D eigenvalue weighted by molar-refractivity contribution is 0.284. The van der Waals surface area contributed by atoms with Crippen molar-refractivity contribution in [1.29, 1.82) is 0 Å². The molecule has 5 nitrogen and oxygen atoms in total. The molecule has 0 saturated carbocycles. The number of nitrogens with one attached hydrogen (secondary N) is 1. The predicted molar refractivity (Wildman–Crippen MR) is 139 cm³/mol. The second-order valence-electron chi connectivity index (χ2n) is 8.04. The normalized spacial score (nSPS) is 10.7. The summed E-state index contributed by atoms with van der Waals surface area (Å²) in [6.07, 6.45) is 0. The van der Waals surface area contributed by atoms with E-state index in [4.69, 9.17) is 19.2 Å². The van der Waals surface area contributed by atoms with E-state index in [9.17, 15) is 0 Å². The Bertz CT molecular complexity index is 1400. The summed E-state index contributed by atoms with van der Waals surface area (Å²) < 4.78 is 17.0. The summed E-state index contributed by atoms with van der Waals surface area (Å²) in [7, 11) is 3.31. The van der Waals surface area contributed by atoms with Gasteiger partial charge in [-0.25, -0.2) is 4.98 Å². The second kappa shape index (κ2) is 10.2. The van der Waals surface area contributed by atoms with Crippen molar-refractivity contribution < 1.29 is 14.2 Å². The minimum atomic E-state index is 0.469. The number of methoxy groups -OCH3 is 2. The fourth-order valence-corrected chi connectivity index (χ4v) is 3.95. The van der Waals surface area contributed by atoms with Gasteiger partial charge in [0.2, 0.25) is 0 Å². The van der Waals surface area contributed by atoms with Gasteiger partial charge in [-0.3, -0.25) is 0 Å². The Hall–Kier alpha value is -4.51. The third kappa shape index (κ3) is 4.89. The molecule has 0 aliphatic carbocycles.